The van der Waals surface area contributed by atoms with E-state index in [1.165, 1.54) is 23.7 Å². The van der Waals surface area contributed by atoms with Gasteiger partial charge in [-0.1, -0.05) is 0 Å². The van der Waals surface area contributed by atoms with Gasteiger partial charge >= 0.3 is 0 Å². The molecule has 0 unspecified atom stereocenters. The number of fused-ring (bicyclic) bond motifs is 1. The number of anilines is 1. The highest BCUT2D eigenvalue weighted by Crippen LogP contribution is 2.33. The number of thioether (sulfide) groups is 1. The Labute approximate surface area is 148 Å². The summed E-state index contributed by atoms with van der Waals surface area (Å²) in [5.74, 6) is 4.32. The summed E-state index contributed by atoms with van der Waals surface area (Å²) in [6.45, 7) is 10.2. The van der Waals surface area contributed by atoms with Crippen molar-refractivity contribution in [1.29, 1.82) is 0 Å². The van der Waals surface area contributed by atoms with Crippen LogP contribution >= 0.6 is 11.8 Å². The molecule has 0 aromatic carbocycles. The maximum atomic E-state index is 5.55. The molecule has 0 radical (unpaired) electrons. The van der Waals surface area contributed by atoms with Gasteiger partial charge in [0.05, 0.1) is 18.9 Å². The number of aryl methyl sites for hydroxylation is 1. The molecule has 4 rings (SSSR count). The second-order valence-electron chi connectivity index (χ2n) is 7.36. The van der Waals surface area contributed by atoms with Crippen molar-refractivity contribution >= 4 is 17.6 Å². The van der Waals surface area contributed by atoms with Crippen LogP contribution < -0.4 is 10.6 Å². The lowest BCUT2D eigenvalue weighted by molar-refractivity contribution is -0.0135. The second-order valence-corrected chi connectivity index (χ2v) is 8.46. The summed E-state index contributed by atoms with van der Waals surface area (Å²) in [5.41, 5.74) is 1.43. The first-order valence-electron chi connectivity index (χ1n) is 9.15. The summed E-state index contributed by atoms with van der Waals surface area (Å²) < 4.78 is 7.67. The van der Waals surface area contributed by atoms with E-state index in [2.05, 4.69) is 50.1 Å². The average molecular weight is 352 g/mol. The molecule has 7 heteroatoms. The first-order chi connectivity index (χ1) is 11.8. The molecule has 3 aliphatic heterocycles. The molecule has 0 spiro atoms. The highest BCUT2D eigenvalue weighted by atomic mass is 32.2. The minimum atomic E-state index is 0.337. The lowest BCUT2D eigenvalue weighted by Gasteiger charge is -2.43. The molecule has 2 N–H and O–H groups in total. The molecule has 1 aromatic rings. The molecule has 1 aromatic heterocycles. The molecule has 0 saturated carbocycles. The first kappa shape index (κ1) is 16.7. The number of nitrogens with zero attached hydrogens (tertiary/aromatic N) is 3. The Kier molecular flexibility index (Phi) is 5.03. The minimum Gasteiger partial charge on any atom is -0.379 e. The van der Waals surface area contributed by atoms with Crippen molar-refractivity contribution in [3.63, 3.8) is 0 Å². The van der Waals surface area contributed by atoms with E-state index < -0.39 is 0 Å². The van der Waals surface area contributed by atoms with Gasteiger partial charge in [0.25, 0.3) is 0 Å². The van der Waals surface area contributed by atoms with Crippen molar-refractivity contribution in [2.75, 3.05) is 62.8 Å². The molecule has 2 atom stereocenters. The van der Waals surface area contributed by atoms with Crippen molar-refractivity contribution in [1.82, 2.24) is 20.0 Å². The molecule has 0 amide bonds. The quantitative estimate of drug-likeness (QED) is 0.826. The van der Waals surface area contributed by atoms with Crippen LogP contribution in [0.15, 0.2) is 6.07 Å². The van der Waals surface area contributed by atoms with Crippen molar-refractivity contribution in [2.45, 2.75) is 25.4 Å². The van der Waals surface area contributed by atoms with Crippen LogP contribution in [0.1, 0.15) is 12.1 Å². The third kappa shape index (κ3) is 3.45. The zero-order chi connectivity index (χ0) is 16.4. The molecule has 134 valence electrons. The van der Waals surface area contributed by atoms with Gasteiger partial charge in [0.15, 0.2) is 0 Å². The second kappa shape index (κ2) is 7.23. The molecule has 6 nitrogen and oxygen atoms in total. The number of aromatic nitrogens is 2. The van der Waals surface area contributed by atoms with E-state index in [-0.39, 0.29) is 0 Å². The molecule has 2 fully saturated rings. The van der Waals surface area contributed by atoms with Crippen molar-refractivity contribution in [3.05, 3.63) is 11.8 Å². The van der Waals surface area contributed by atoms with Crippen molar-refractivity contribution in [2.24, 2.45) is 5.92 Å². The maximum Gasteiger partial charge on any atom is 0.124 e. The molecule has 0 aliphatic carbocycles. The zero-order valence-corrected chi connectivity index (χ0v) is 15.4. The summed E-state index contributed by atoms with van der Waals surface area (Å²) in [4.78, 5) is 2.68. The van der Waals surface area contributed by atoms with E-state index in [0.29, 0.717) is 11.5 Å². The van der Waals surface area contributed by atoms with Gasteiger partial charge in [-0.15, -0.1) is 0 Å². The minimum absolute atomic E-state index is 0.337. The Bertz CT molecular complexity index is 551. The fourth-order valence-corrected chi connectivity index (χ4v) is 5.64. The molecular weight excluding hydrogens is 322 g/mol. The fraction of sp³-hybridized carbons (Fsp3) is 0.824. The highest BCUT2D eigenvalue weighted by molar-refractivity contribution is 7.99. The highest BCUT2D eigenvalue weighted by Gasteiger charge is 2.40. The average Bonchev–Trinajstić information content (AvgIpc) is 3.22. The Hall–Kier alpha value is -0.760. The van der Waals surface area contributed by atoms with E-state index in [9.17, 15) is 0 Å². The van der Waals surface area contributed by atoms with Gasteiger partial charge < -0.3 is 15.4 Å². The molecule has 0 bridgehead atoms. The summed E-state index contributed by atoms with van der Waals surface area (Å²) in [7, 11) is 0. The topological polar surface area (TPSA) is 54.4 Å². The standard InChI is InChI=1S/C17H29N5OS/c1-14-8-16-19-10-15(11-22(16)20-14)9-18-12-17(2-7-24-13-17)21-3-5-23-6-4-21/h8,15,18-19H,2-7,9-13H2,1H3/t15-,17+/m0/s1. The first-order valence-corrected chi connectivity index (χ1v) is 10.3. The lowest BCUT2D eigenvalue weighted by Crippen LogP contribution is -2.59. The third-order valence-corrected chi connectivity index (χ3v) is 6.79. The Morgan fingerprint density at radius 1 is 1.46 bits per heavy atom. The van der Waals surface area contributed by atoms with E-state index in [0.717, 1.165) is 58.2 Å². The molecular formula is C17H29N5OS. The zero-order valence-electron chi connectivity index (χ0n) is 14.6. The van der Waals surface area contributed by atoms with E-state index in [4.69, 9.17) is 4.74 Å². The normalized spacial score (nSPS) is 31.0. The number of rotatable bonds is 5. The number of hydrogen-bond acceptors (Lipinski definition) is 6. The van der Waals surface area contributed by atoms with E-state index >= 15 is 0 Å². The predicted octanol–water partition coefficient (Wildman–Crippen LogP) is 1.03. The number of hydrogen-bond donors (Lipinski definition) is 2. The number of morpholine rings is 1. The Balaban J connectivity index is 1.31. The predicted molar refractivity (Wildman–Crippen MR) is 98.9 cm³/mol. The smallest absolute Gasteiger partial charge is 0.124 e. The van der Waals surface area contributed by atoms with Crippen LogP contribution in [0.3, 0.4) is 0 Å². The van der Waals surface area contributed by atoms with Gasteiger partial charge in [-0.05, 0) is 19.1 Å². The summed E-state index contributed by atoms with van der Waals surface area (Å²) in [6.07, 6.45) is 1.30. The third-order valence-electron chi connectivity index (χ3n) is 5.56. The lowest BCUT2D eigenvalue weighted by atomic mass is 9.95. The van der Waals surface area contributed by atoms with Gasteiger partial charge in [-0.3, -0.25) is 4.90 Å². The van der Waals surface area contributed by atoms with Gasteiger partial charge in [-0.2, -0.15) is 16.9 Å². The number of ether oxygens (including phenoxy) is 1. The largest absolute Gasteiger partial charge is 0.379 e. The van der Waals surface area contributed by atoms with Gasteiger partial charge in [-0.25, -0.2) is 4.68 Å². The molecule has 4 heterocycles. The summed E-state index contributed by atoms with van der Waals surface area (Å²) in [5, 5.41) is 11.9. The van der Waals surface area contributed by atoms with Crippen LogP contribution in [0.4, 0.5) is 5.82 Å². The van der Waals surface area contributed by atoms with Crippen molar-refractivity contribution in [3.8, 4) is 0 Å². The number of nitrogens with one attached hydrogen (secondary N) is 2. The van der Waals surface area contributed by atoms with Crippen LogP contribution in [0.25, 0.3) is 0 Å². The molecule has 24 heavy (non-hydrogen) atoms. The van der Waals surface area contributed by atoms with Crippen LogP contribution in [0, 0.1) is 12.8 Å². The van der Waals surface area contributed by atoms with Crippen molar-refractivity contribution < 1.29 is 4.74 Å². The maximum absolute atomic E-state index is 5.55. The van der Waals surface area contributed by atoms with E-state index in [1.807, 2.05) is 0 Å². The van der Waals surface area contributed by atoms with Gasteiger partial charge in [0.1, 0.15) is 5.82 Å². The van der Waals surface area contributed by atoms with Gasteiger partial charge in [0, 0.05) is 62.5 Å². The summed E-state index contributed by atoms with van der Waals surface area (Å²) >= 11 is 2.11. The van der Waals surface area contributed by atoms with Gasteiger partial charge in [0.2, 0.25) is 0 Å². The Morgan fingerprint density at radius 3 is 3.12 bits per heavy atom. The van der Waals surface area contributed by atoms with Crippen LogP contribution in [-0.2, 0) is 11.3 Å². The molecule has 3 aliphatic rings. The van der Waals surface area contributed by atoms with Crippen LogP contribution in [-0.4, -0.2) is 77.7 Å². The molecule has 2 saturated heterocycles. The summed E-state index contributed by atoms with van der Waals surface area (Å²) in [6, 6.07) is 2.13. The van der Waals surface area contributed by atoms with Crippen LogP contribution in [0.5, 0.6) is 0 Å². The van der Waals surface area contributed by atoms with E-state index in [1.54, 1.807) is 0 Å². The Morgan fingerprint density at radius 2 is 2.33 bits per heavy atom. The monoisotopic (exact) mass is 351 g/mol. The fourth-order valence-electron chi connectivity index (χ4n) is 4.17. The SMILES string of the molecule is Cc1cc2n(n1)C[C@@H](CNC[C@]1(N3CCOCC3)CCSC1)CN2. The van der Waals surface area contributed by atoms with Crippen LogP contribution in [0.2, 0.25) is 0 Å².